The van der Waals surface area contributed by atoms with Crippen LogP contribution in [0, 0.1) is 0 Å². The van der Waals surface area contributed by atoms with Crippen molar-refractivity contribution in [2.45, 2.75) is 51.5 Å². The second kappa shape index (κ2) is 6.38. The van der Waals surface area contributed by atoms with Gasteiger partial charge in [0.05, 0.1) is 18.8 Å². The molecule has 0 bridgehead atoms. The van der Waals surface area contributed by atoms with Crippen LogP contribution < -0.4 is 0 Å². The Hall–Kier alpha value is -1.40. The maximum atomic E-state index is 12.9. The fraction of sp³-hybridized carbons (Fsp3) is 0.625. The van der Waals surface area contributed by atoms with Crippen LogP contribution in [0.1, 0.15) is 31.6 Å². The Balaban J connectivity index is 1.71. The smallest absolute Gasteiger partial charge is 0.245 e. The average Bonchev–Trinajstić information content (AvgIpc) is 3.09. The van der Waals surface area contributed by atoms with Crippen LogP contribution in [-0.2, 0) is 20.9 Å². The largest absolute Gasteiger partial charge is 0.372 e. The third kappa shape index (κ3) is 3.17. The van der Waals surface area contributed by atoms with Crippen LogP contribution in [-0.4, -0.2) is 53.0 Å². The predicted octanol–water partition coefficient (Wildman–Crippen LogP) is 1.87. The van der Waals surface area contributed by atoms with E-state index in [2.05, 4.69) is 0 Å². The SMILES string of the molecule is C[C@@H]1CN(C(=O)[C@@H]2CCC(=O)N2Cc2cccs2)C[C@@H](C)O1. The molecule has 3 heterocycles. The summed E-state index contributed by atoms with van der Waals surface area (Å²) in [6, 6.07) is 3.67. The van der Waals surface area contributed by atoms with Gasteiger partial charge in [0.15, 0.2) is 0 Å². The minimum Gasteiger partial charge on any atom is -0.372 e. The zero-order valence-electron chi connectivity index (χ0n) is 13.0. The van der Waals surface area contributed by atoms with Crippen molar-refractivity contribution in [1.29, 1.82) is 0 Å². The zero-order chi connectivity index (χ0) is 15.7. The molecule has 0 saturated carbocycles. The number of hydrogen-bond acceptors (Lipinski definition) is 4. The number of hydrogen-bond donors (Lipinski definition) is 0. The van der Waals surface area contributed by atoms with Gasteiger partial charge in [-0.1, -0.05) is 6.07 Å². The molecule has 3 rings (SSSR count). The van der Waals surface area contributed by atoms with E-state index in [9.17, 15) is 9.59 Å². The van der Waals surface area contributed by atoms with Crippen LogP contribution >= 0.6 is 11.3 Å². The summed E-state index contributed by atoms with van der Waals surface area (Å²) in [5.74, 6) is 0.158. The summed E-state index contributed by atoms with van der Waals surface area (Å²) in [6.45, 7) is 5.74. The lowest BCUT2D eigenvalue weighted by atomic mass is 10.1. The second-order valence-corrected chi connectivity index (χ2v) is 7.19. The summed E-state index contributed by atoms with van der Waals surface area (Å²) in [5, 5.41) is 2.00. The molecular formula is C16H22N2O3S. The first-order valence-electron chi connectivity index (χ1n) is 7.80. The van der Waals surface area contributed by atoms with Crippen molar-refractivity contribution < 1.29 is 14.3 Å². The second-order valence-electron chi connectivity index (χ2n) is 6.16. The number of carbonyl (C=O) groups excluding carboxylic acids is 2. The number of carbonyl (C=O) groups is 2. The highest BCUT2D eigenvalue weighted by Crippen LogP contribution is 2.25. The summed E-state index contributed by atoms with van der Waals surface area (Å²) in [5.41, 5.74) is 0. The topological polar surface area (TPSA) is 49.9 Å². The van der Waals surface area contributed by atoms with Gasteiger partial charge in [0, 0.05) is 24.4 Å². The van der Waals surface area contributed by atoms with Gasteiger partial charge in [0.25, 0.3) is 0 Å². The van der Waals surface area contributed by atoms with Crippen molar-refractivity contribution in [1.82, 2.24) is 9.80 Å². The molecule has 0 unspecified atom stereocenters. The molecule has 0 aliphatic carbocycles. The Labute approximate surface area is 134 Å². The summed E-state index contributed by atoms with van der Waals surface area (Å²) in [4.78, 5) is 29.8. The minimum atomic E-state index is -0.313. The number of amides is 2. The Morgan fingerprint density at radius 1 is 1.36 bits per heavy atom. The van der Waals surface area contributed by atoms with Gasteiger partial charge in [0.1, 0.15) is 6.04 Å². The first kappa shape index (κ1) is 15.5. The standard InChI is InChI=1S/C16H22N2O3S/c1-11-8-17(9-12(2)21-11)16(20)14-5-6-15(19)18(14)10-13-4-3-7-22-13/h3-4,7,11-12,14H,5-6,8-10H2,1-2H3/t11-,12-,14+/m1/s1. The fourth-order valence-electron chi connectivity index (χ4n) is 3.33. The lowest BCUT2D eigenvalue weighted by molar-refractivity contribution is -0.150. The van der Waals surface area contributed by atoms with Gasteiger partial charge in [-0.05, 0) is 31.7 Å². The molecule has 2 aliphatic heterocycles. The molecule has 120 valence electrons. The predicted molar refractivity (Wildman–Crippen MR) is 84.5 cm³/mol. The first-order chi connectivity index (χ1) is 10.5. The maximum absolute atomic E-state index is 12.9. The molecule has 0 N–H and O–H groups in total. The van der Waals surface area contributed by atoms with Crippen molar-refractivity contribution in [3.8, 4) is 0 Å². The van der Waals surface area contributed by atoms with E-state index in [1.165, 1.54) is 0 Å². The van der Waals surface area contributed by atoms with Crippen LogP contribution in [0.2, 0.25) is 0 Å². The third-order valence-corrected chi connectivity index (χ3v) is 5.11. The van der Waals surface area contributed by atoms with E-state index in [-0.39, 0.29) is 30.1 Å². The number of ether oxygens (including phenoxy) is 1. The maximum Gasteiger partial charge on any atom is 0.245 e. The van der Waals surface area contributed by atoms with Crippen LogP contribution in [0.5, 0.6) is 0 Å². The number of rotatable bonds is 3. The van der Waals surface area contributed by atoms with E-state index in [1.807, 2.05) is 36.3 Å². The molecule has 5 nitrogen and oxygen atoms in total. The molecule has 0 aromatic carbocycles. The van der Waals surface area contributed by atoms with E-state index in [4.69, 9.17) is 4.74 Å². The highest BCUT2D eigenvalue weighted by Gasteiger charge is 2.39. The van der Waals surface area contributed by atoms with E-state index >= 15 is 0 Å². The summed E-state index contributed by atoms with van der Waals surface area (Å²) >= 11 is 1.62. The molecule has 3 atom stereocenters. The van der Waals surface area contributed by atoms with E-state index in [0.29, 0.717) is 32.5 Å². The van der Waals surface area contributed by atoms with Crippen LogP contribution in [0.15, 0.2) is 17.5 Å². The monoisotopic (exact) mass is 322 g/mol. The Morgan fingerprint density at radius 3 is 2.73 bits per heavy atom. The highest BCUT2D eigenvalue weighted by molar-refractivity contribution is 7.09. The van der Waals surface area contributed by atoms with Crippen LogP contribution in [0.25, 0.3) is 0 Å². The number of morpholine rings is 1. The van der Waals surface area contributed by atoms with E-state index < -0.39 is 0 Å². The fourth-order valence-corrected chi connectivity index (χ4v) is 4.03. The summed E-state index contributed by atoms with van der Waals surface area (Å²) in [7, 11) is 0. The van der Waals surface area contributed by atoms with E-state index in [1.54, 1.807) is 16.2 Å². The number of thiophene rings is 1. The normalized spacial score (nSPS) is 29.2. The zero-order valence-corrected chi connectivity index (χ0v) is 13.8. The lowest BCUT2D eigenvalue weighted by Crippen LogP contribution is -2.53. The van der Waals surface area contributed by atoms with Gasteiger partial charge in [-0.2, -0.15) is 0 Å². The van der Waals surface area contributed by atoms with E-state index in [0.717, 1.165) is 4.88 Å². The van der Waals surface area contributed by atoms with Gasteiger partial charge in [-0.3, -0.25) is 9.59 Å². The molecule has 2 aliphatic rings. The molecule has 2 fully saturated rings. The highest BCUT2D eigenvalue weighted by atomic mass is 32.1. The molecule has 0 radical (unpaired) electrons. The molecule has 2 saturated heterocycles. The van der Waals surface area contributed by atoms with Crippen molar-refractivity contribution in [2.75, 3.05) is 13.1 Å². The Bertz CT molecular complexity index is 536. The van der Waals surface area contributed by atoms with Gasteiger partial charge in [-0.15, -0.1) is 11.3 Å². The van der Waals surface area contributed by atoms with Gasteiger partial charge >= 0.3 is 0 Å². The summed E-state index contributed by atoms with van der Waals surface area (Å²) in [6.07, 6.45) is 1.20. The van der Waals surface area contributed by atoms with Gasteiger partial charge in [0.2, 0.25) is 11.8 Å². The van der Waals surface area contributed by atoms with Gasteiger partial charge in [-0.25, -0.2) is 0 Å². The van der Waals surface area contributed by atoms with Crippen LogP contribution in [0.3, 0.4) is 0 Å². The van der Waals surface area contributed by atoms with Gasteiger partial charge < -0.3 is 14.5 Å². The quantitative estimate of drug-likeness (QED) is 0.854. The van der Waals surface area contributed by atoms with Crippen molar-refractivity contribution >= 4 is 23.2 Å². The molecule has 2 amide bonds. The molecule has 1 aromatic heterocycles. The summed E-state index contributed by atoms with van der Waals surface area (Å²) < 4.78 is 5.69. The average molecular weight is 322 g/mol. The molecule has 6 heteroatoms. The Morgan fingerprint density at radius 2 is 2.09 bits per heavy atom. The van der Waals surface area contributed by atoms with Crippen molar-refractivity contribution in [3.05, 3.63) is 22.4 Å². The molecule has 22 heavy (non-hydrogen) atoms. The molecular weight excluding hydrogens is 300 g/mol. The lowest BCUT2D eigenvalue weighted by Gasteiger charge is -2.38. The van der Waals surface area contributed by atoms with Crippen molar-refractivity contribution in [3.63, 3.8) is 0 Å². The minimum absolute atomic E-state index is 0.0514. The van der Waals surface area contributed by atoms with Crippen molar-refractivity contribution in [2.24, 2.45) is 0 Å². The molecule has 1 aromatic rings. The third-order valence-electron chi connectivity index (χ3n) is 4.25. The first-order valence-corrected chi connectivity index (χ1v) is 8.68. The number of nitrogens with zero attached hydrogens (tertiary/aromatic N) is 2. The Kier molecular flexibility index (Phi) is 4.49. The molecule has 0 spiro atoms. The number of likely N-dealkylation sites (tertiary alicyclic amines) is 1. The van der Waals surface area contributed by atoms with Crippen LogP contribution in [0.4, 0.5) is 0 Å².